The molecule has 1 aliphatic heterocycles. The largest absolute Gasteiger partial charge is 0.539 e. The van der Waals surface area contributed by atoms with Gasteiger partial charge in [0.15, 0.2) is 11.5 Å². The fraction of sp³-hybridized carbons (Fsp3) is 0.289. The second-order valence-corrected chi connectivity index (χ2v) is 14.4. The van der Waals surface area contributed by atoms with Crippen LogP contribution in [-0.4, -0.2) is 66.2 Å². The molecular weight excluding hydrogens is 645 g/mol. The first-order chi connectivity index (χ1) is 23.3. The molecule has 5 aromatic rings. The number of methoxy groups -OCH3 is 1. The number of halogens is 2. The topological polar surface area (TPSA) is 65.1 Å². The Hall–Kier alpha value is -4.15. The van der Waals surface area contributed by atoms with Crippen molar-refractivity contribution in [3.8, 4) is 17.2 Å². The number of anilines is 2. The zero-order valence-electron chi connectivity index (χ0n) is 27.3. The normalized spacial score (nSPS) is 13.9. The summed E-state index contributed by atoms with van der Waals surface area (Å²) < 4.78 is 39.0. The Morgan fingerprint density at radius 3 is 2.27 bits per heavy atom. The maximum atomic E-state index is 15.4. The summed E-state index contributed by atoms with van der Waals surface area (Å²) >= 11 is 6.55. The molecule has 2 heterocycles. The summed E-state index contributed by atoms with van der Waals surface area (Å²) in [5.41, 5.74) is 3.97. The van der Waals surface area contributed by atoms with Gasteiger partial charge in [0.1, 0.15) is 18.2 Å². The number of rotatable bonds is 13. The van der Waals surface area contributed by atoms with Crippen LogP contribution in [0.2, 0.25) is 10.1 Å². The summed E-state index contributed by atoms with van der Waals surface area (Å²) in [5.74, 6) is 1.14. The highest BCUT2D eigenvalue weighted by Gasteiger charge is 2.35. The molecule has 48 heavy (non-hydrogen) atoms. The minimum absolute atomic E-state index is 0.0227. The molecule has 1 aromatic heterocycles. The first-order valence-corrected chi connectivity index (χ1v) is 17.3. The molecule has 1 saturated heterocycles. The number of pyridine rings is 1. The Balaban J connectivity index is 1.21. The van der Waals surface area contributed by atoms with E-state index in [1.165, 1.54) is 17.2 Å². The lowest BCUT2D eigenvalue weighted by atomic mass is 9.82. The number of morpholine rings is 1. The molecule has 248 valence electrons. The average molecular weight is 684 g/mol. The van der Waals surface area contributed by atoms with E-state index in [0.717, 1.165) is 38.2 Å². The Kier molecular flexibility index (Phi) is 10.8. The molecule has 0 amide bonds. The fourth-order valence-corrected chi connectivity index (χ4v) is 7.30. The van der Waals surface area contributed by atoms with Crippen molar-refractivity contribution in [1.29, 1.82) is 0 Å². The van der Waals surface area contributed by atoms with Crippen LogP contribution in [0.4, 0.5) is 15.8 Å². The van der Waals surface area contributed by atoms with Crippen LogP contribution in [0.25, 0.3) is 10.9 Å². The van der Waals surface area contributed by atoms with Crippen molar-refractivity contribution in [3.63, 3.8) is 0 Å². The van der Waals surface area contributed by atoms with Gasteiger partial charge >= 0.3 is 9.76 Å². The molecule has 0 atom stereocenters. The summed E-state index contributed by atoms with van der Waals surface area (Å²) in [6.45, 7) is 8.92. The van der Waals surface area contributed by atoms with E-state index in [9.17, 15) is 0 Å². The van der Waals surface area contributed by atoms with Crippen LogP contribution in [-0.2, 0) is 4.74 Å². The quantitative estimate of drug-likeness (QED) is 0.125. The van der Waals surface area contributed by atoms with E-state index in [1.807, 2.05) is 24.3 Å². The average Bonchev–Trinajstić information content (AvgIpc) is 3.10. The molecule has 1 N–H and O–H groups in total. The second-order valence-electron chi connectivity index (χ2n) is 12.2. The van der Waals surface area contributed by atoms with Gasteiger partial charge in [-0.1, -0.05) is 86.1 Å². The van der Waals surface area contributed by atoms with Crippen LogP contribution < -0.4 is 19.2 Å². The minimum atomic E-state index is -0.499. The minimum Gasteiger partial charge on any atom is -0.539 e. The molecule has 0 saturated carbocycles. The Labute approximate surface area is 288 Å². The first kappa shape index (κ1) is 33.7. The van der Waals surface area contributed by atoms with E-state index < -0.39 is 5.82 Å². The van der Waals surface area contributed by atoms with Gasteiger partial charge in [-0.05, 0) is 29.3 Å². The zero-order valence-corrected chi connectivity index (χ0v) is 29.1. The van der Waals surface area contributed by atoms with Crippen molar-refractivity contribution < 1.29 is 23.0 Å². The second kappa shape index (κ2) is 15.4. The lowest BCUT2D eigenvalue weighted by molar-refractivity contribution is 0.0321. The van der Waals surface area contributed by atoms with E-state index in [0.29, 0.717) is 35.1 Å². The number of hydrogen-bond donors (Lipinski definition) is 1. The number of nitrogens with zero attached hydrogens (tertiary/aromatic N) is 2. The molecule has 1 fully saturated rings. The number of benzene rings is 4. The molecule has 0 aliphatic carbocycles. The van der Waals surface area contributed by atoms with Crippen LogP contribution in [0.1, 0.15) is 30.9 Å². The van der Waals surface area contributed by atoms with Crippen molar-refractivity contribution in [2.45, 2.75) is 24.8 Å². The molecule has 4 aromatic carbocycles. The van der Waals surface area contributed by atoms with Crippen LogP contribution >= 0.6 is 11.6 Å². The van der Waals surface area contributed by atoms with Crippen LogP contribution in [0.3, 0.4) is 0 Å². The van der Waals surface area contributed by atoms with Gasteiger partial charge in [-0.25, -0.2) is 4.39 Å². The molecule has 10 heteroatoms. The van der Waals surface area contributed by atoms with Crippen LogP contribution in [0, 0.1) is 5.82 Å². The molecule has 1 aliphatic rings. The standard InChI is InChI=1S/C38H39ClFN3O4Si/c1-38(2,37(26-10-6-4-7-11-26)27-12-8-5-9-13-27)48-47-34-25-33(30(40)23-29(34)39)42-31-14-15-41-32-24-36(35(44-3)22-28(31)32)46-21-18-43-16-19-45-20-17-43/h4-15,22-25,37H,16-21H2,1-3H3,(H,41,42). The monoisotopic (exact) mass is 683 g/mol. The van der Waals surface area contributed by atoms with Crippen molar-refractivity contribution in [3.05, 3.63) is 119 Å². The van der Waals surface area contributed by atoms with E-state index in [-0.39, 0.29) is 31.4 Å². The zero-order chi connectivity index (χ0) is 33.5. The lowest BCUT2D eigenvalue weighted by Gasteiger charge is -2.34. The summed E-state index contributed by atoms with van der Waals surface area (Å²) in [4.78, 5) is 6.86. The van der Waals surface area contributed by atoms with Gasteiger partial charge in [0.2, 0.25) is 0 Å². The molecule has 0 bridgehead atoms. The SMILES string of the molecule is COc1cc2c(Nc3cc(O[Si]C(C)(C)C(c4ccccc4)c4ccccc4)c(Cl)cc3F)ccnc2cc1OCCN1CCOCC1. The van der Waals surface area contributed by atoms with Crippen molar-refractivity contribution in [2.24, 2.45) is 0 Å². The summed E-state index contributed by atoms with van der Waals surface area (Å²) in [6.07, 6.45) is 1.68. The van der Waals surface area contributed by atoms with Gasteiger partial charge in [0, 0.05) is 60.0 Å². The highest BCUT2D eigenvalue weighted by molar-refractivity contribution is 6.36. The number of ether oxygens (including phenoxy) is 3. The van der Waals surface area contributed by atoms with Gasteiger partial charge in [0.25, 0.3) is 0 Å². The van der Waals surface area contributed by atoms with Crippen LogP contribution in [0.5, 0.6) is 17.2 Å². The van der Waals surface area contributed by atoms with Crippen molar-refractivity contribution in [2.75, 3.05) is 51.9 Å². The maximum Gasteiger partial charge on any atom is 0.318 e. The van der Waals surface area contributed by atoms with Gasteiger partial charge in [-0.2, -0.15) is 0 Å². The van der Waals surface area contributed by atoms with E-state index in [2.05, 4.69) is 77.6 Å². The predicted molar refractivity (Wildman–Crippen MR) is 191 cm³/mol. The fourth-order valence-electron chi connectivity index (χ4n) is 6.05. The summed E-state index contributed by atoms with van der Waals surface area (Å²) in [7, 11) is 1.62. The molecule has 0 unspecified atom stereocenters. The van der Waals surface area contributed by atoms with Gasteiger partial charge in [0.05, 0.1) is 36.6 Å². The predicted octanol–water partition coefficient (Wildman–Crippen LogP) is 8.52. The smallest absolute Gasteiger partial charge is 0.318 e. The van der Waals surface area contributed by atoms with Crippen LogP contribution in [0.15, 0.2) is 97.2 Å². The van der Waals surface area contributed by atoms with E-state index in [1.54, 1.807) is 25.4 Å². The Bertz CT molecular complexity index is 1780. The highest BCUT2D eigenvalue weighted by Crippen LogP contribution is 2.46. The van der Waals surface area contributed by atoms with E-state index >= 15 is 4.39 Å². The van der Waals surface area contributed by atoms with Gasteiger partial charge in [-0.15, -0.1) is 0 Å². The third kappa shape index (κ3) is 7.93. The molecule has 7 nitrogen and oxygen atoms in total. The number of hydrogen-bond acceptors (Lipinski definition) is 7. The van der Waals surface area contributed by atoms with Crippen molar-refractivity contribution in [1.82, 2.24) is 9.88 Å². The van der Waals surface area contributed by atoms with Gasteiger partial charge in [-0.3, -0.25) is 9.88 Å². The lowest BCUT2D eigenvalue weighted by Crippen LogP contribution is -2.38. The number of aromatic nitrogens is 1. The molecule has 2 radical (unpaired) electrons. The highest BCUT2D eigenvalue weighted by atomic mass is 35.5. The number of nitrogens with one attached hydrogen (secondary N) is 1. The Morgan fingerprint density at radius 2 is 1.60 bits per heavy atom. The van der Waals surface area contributed by atoms with Gasteiger partial charge < -0.3 is 24.0 Å². The molecule has 0 spiro atoms. The molecular formula is C38H39ClFN3O4Si. The first-order valence-electron chi connectivity index (χ1n) is 16.0. The molecule has 6 rings (SSSR count). The Morgan fingerprint density at radius 1 is 0.917 bits per heavy atom. The summed E-state index contributed by atoms with van der Waals surface area (Å²) in [6, 6.07) is 29.2. The van der Waals surface area contributed by atoms with E-state index in [4.69, 9.17) is 30.2 Å². The third-order valence-corrected chi connectivity index (χ3v) is 9.93. The third-order valence-electron chi connectivity index (χ3n) is 8.50. The maximum absolute atomic E-state index is 15.4. The number of fused-ring (bicyclic) bond motifs is 1. The summed E-state index contributed by atoms with van der Waals surface area (Å²) in [5, 5.41) is 3.89. The van der Waals surface area contributed by atoms with Crippen molar-refractivity contribution >= 4 is 43.6 Å².